The summed E-state index contributed by atoms with van der Waals surface area (Å²) in [6.07, 6.45) is 0. The van der Waals surface area contributed by atoms with E-state index in [4.69, 9.17) is 0 Å². The van der Waals surface area contributed by atoms with Gasteiger partial charge in [0.2, 0.25) is 5.91 Å². The van der Waals surface area contributed by atoms with E-state index in [1.165, 1.54) is 4.68 Å². The van der Waals surface area contributed by atoms with Crippen molar-refractivity contribution in [3.63, 3.8) is 0 Å². The van der Waals surface area contributed by atoms with Gasteiger partial charge in [-0.15, -0.1) is 0 Å². The normalized spacial score (nSPS) is 11.5. The number of nitrogens with one attached hydrogen (secondary N) is 1. The van der Waals surface area contributed by atoms with Crippen LogP contribution in [-0.4, -0.2) is 29.9 Å². The lowest BCUT2D eigenvalue weighted by Gasteiger charge is -2.08. The zero-order valence-electron chi connectivity index (χ0n) is 13.8. The molecule has 0 atom stereocenters. The molecule has 0 aliphatic carbocycles. The highest BCUT2D eigenvalue weighted by molar-refractivity contribution is 7.91. The number of nitrogens with zero attached hydrogens (tertiary/aromatic N) is 2. The number of sulfone groups is 1. The van der Waals surface area contributed by atoms with Crippen molar-refractivity contribution in [2.75, 3.05) is 11.1 Å². The molecule has 7 heteroatoms. The third kappa shape index (κ3) is 4.66. The van der Waals surface area contributed by atoms with E-state index in [-0.39, 0.29) is 5.75 Å². The Bertz CT molecular complexity index is 838. The molecule has 0 unspecified atom stereocenters. The van der Waals surface area contributed by atoms with Gasteiger partial charge in [-0.1, -0.05) is 18.2 Å². The predicted octanol–water partition coefficient (Wildman–Crippen LogP) is 1.90. The fourth-order valence-electron chi connectivity index (χ4n) is 2.30. The van der Waals surface area contributed by atoms with Gasteiger partial charge < -0.3 is 5.32 Å². The van der Waals surface area contributed by atoms with E-state index in [1.807, 2.05) is 26.0 Å². The Morgan fingerprint density at radius 1 is 1.17 bits per heavy atom. The number of rotatable bonds is 5. The summed E-state index contributed by atoms with van der Waals surface area (Å²) >= 11 is 0. The highest BCUT2D eigenvalue weighted by Crippen LogP contribution is 2.14. The van der Waals surface area contributed by atoms with Gasteiger partial charge in [-0.05, 0) is 37.5 Å². The van der Waals surface area contributed by atoms with Crippen molar-refractivity contribution in [2.45, 2.75) is 26.5 Å². The molecule has 0 bridgehead atoms. The summed E-state index contributed by atoms with van der Waals surface area (Å²) in [5.41, 5.74) is 3.58. The Morgan fingerprint density at radius 2 is 1.87 bits per heavy atom. The monoisotopic (exact) mass is 335 g/mol. The second kappa shape index (κ2) is 6.54. The number of carbonyl (C=O) groups excluding carboxylic acids is 1. The molecule has 1 heterocycles. The molecular formula is C16H21N3O3S. The number of amides is 1. The van der Waals surface area contributed by atoms with Crippen molar-refractivity contribution >= 4 is 21.6 Å². The van der Waals surface area contributed by atoms with Crippen LogP contribution in [0.3, 0.4) is 0 Å². The molecule has 2 rings (SSSR count). The van der Waals surface area contributed by atoms with Crippen molar-refractivity contribution in [1.82, 2.24) is 9.78 Å². The second-order valence-electron chi connectivity index (χ2n) is 5.79. The first-order chi connectivity index (χ1) is 10.7. The number of aromatic nitrogens is 2. The van der Waals surface area contributed by atoms with Crippen LogP contribution in [0.5, 0.6) is 0 Å². The number of benzene rings is 1. The quantitative estimate of drug-likeness (QED) is 0.905. The first-order valence-electron chi connectivity index (χ1n) is 7.23. The van der Waals surface area contributed by atoms with Gasteiger partial charge in [0.25, 0.3) is 0 Å². The standard InChI is InChI=1S/C16H21N3O3S/c1-11-5-6-14(7-12(11)2)9-23(21,22)10-16(20)17-15-8-13(3)18-19(15)4/h5-8H,9-10H2,1-4H3,(H,17,20). The molecule has 0 fully saturated rings. The van der Waals surface area contributed by atoms with E-state index in [9.17, 15) is 13.2 Å². The van der Waals surface area contributed by atoms with Gasteiger partial charge in [0, 0.05) is 13.1 Å². The summed E-state index contributed by atoms with van der Waals surface area (Å²) < 4.78 is 25.9. The SMILES string of the molecule is Cc1cc(NC(=O)CS(=O)(=O)Cc2ccc(C)c(C)c2)n(C)n1. The van der Waals surface area contributed by atoms with E-state index >= 15 is 0 Å². The van der Waals surface area contributed by atoms with Gasteiger partial charge in [-0.25, -0.2) is 8.42 Å². The van der Waals surface area contributed by atoms with Crippen LogP contribution in [0.15, 0.2) is 24.3 Å². The van der Waals surface area contributed by atoms with E-state index < -0.39 is 21.5 Å². The Kier molecular flexibility index (Phi) is 4.89. The first-order valence-corrected chi connectivity index (χ1v) is 9.05. The molecule has 1 amide bonds. The average Bonchev–Trinajstić information content (AvgIpc) is 2.71. The molecule has 0 spiro atoms. The van der Waals surface area contributed by atoms with Gasteiger partial charge in [0.1, 0.15) is 11.6 Å². The Morgan fingerprint density at radius 3 is 2.43 bits per heavy atom. The van der Waals surface area contributed by atoms with Crippen LogP contribution in [0, 0.1) is 20.8 Å². The molecule has 124 valence electrons. The number of carbonyl (C=O) groups is 1. The fraction of sp³-hybridized carbons (Fsp3) is 0.375. The topological polar surface area (TPSA) is 81.1 Å². The summed E-state index contributed by atoms with van der Waals surface area (Å²) in [5.74, 6) is -0.776. The van der Waals surface area contributed by atoms with E-state index in [0.717, 1.165) is 16.8 Å². The number of anilines is 1. The van der Waals surface area contributed by atoms with Crippen molar-refractivity contribution in [2.24, 2.45) is 7.05 Å². The van der Waals surface area contributed by atoms with Crippen LogP contribution in [0.1, 0.15) is 22.4 Å². The van der Waals surface area contributed by atoms with Crippen LogP contribution in [0.4, 0.5) is 5.82 Å². The van der Waals surface area contributed by atoms with E-state index in [1.54, 1.807) is 26.1 Å². The smallest absolute Gasteiger partial charge is 0.240 e. The molecule has 0 saturated heterocycles. The highest BCUT2D eigenvalue weighted by Gasteiger charge is 2.19. The number of hydrogen-bond acceptors (Lipinski definition) is 4. The van der Waals surface area contributed by atoms with Crippen LogP contribution in [0.2, 0.25) is 0 Å². The average molecular weight is 335 g/mol. The van der Waals surface area contributed by atoms with Crippen molar-refractivity contribution in [3.8, 4) is 0 Å². The molecule has 0 aliphatic heterocycles. The summed E-state index contributed by atoms with van der Waals surface area (Å²) in [5, 5.41) is 6.67. The maximum Gasteiger partial charge on any atom is 0.240 e. The molecule has 0 radical (unpaired) electrons. The zero-order chi connectivity index (χ0) is 17.2. The summed E-state index contributed by atoms with van der Waals surface area (Å²) in [6.45, 7) is 5.70. The molecule has 1 N–H and O–H groups in total. The van der Waals surface area contributed by atoms with Gasteiger partial charge in [0.05, 0.1) is 11.4 Å². The first kappa shape index (κ1) is 17.2. The summed E-state index contributed by atoms with van der Waals surface area (Å²) in [7, 11) is -1.84. The van der Waals surface area contributed by atoms with Gasteiger partial charge in [0.15, 0.2) is 9.84 Å². The molecule has 6 nitrogen and oxygen atoms in total. The minimum absolute atomic E-state index is 0.147. The number of hydrogen-bond donors (Lipinski definition) is 1. The third-order valence-electron chi connectivity index (χ3n) is 3.58. The lowest BCUT2D eigenvalue weighted by molar-refractivity contribution is -0.113. The summed E-state index contributed by atoms with van der Waals surface area (Å²) in [6, 6.07) is 7.20. The maximum atomic E-state index is 12.2. The highest BCUT2D eigenvalue weighted by atomic mass is 32.2. The minimum atomic E-state index is -3.53. The second-order valence-corrected chi connectivity index (χ2v) is 7.86. The van der Waals surface area contributed by atoms with Gasteiger partial charge >= 0.3 is 0 Å². The molecule has 0 aliphatic rings. The lowest BCUT2D eigenvalue weighted by Crippen LogP contribution is -2.25. The van der Waals surface area contributed by atoms with Crippen molar-refractivity contribution in [1.29, 1.82) is 0 Å². The fourth-order valence-corrected chi connectivity index (χ4v) is 3.57. The molecule has 23 heavy (non-hydrogen) atoms. The Labute approximate surface area is 136 Å². The molecule has 0 saturated carbocycles. The summed E-state index contributed by atoms with van der Waals surface area (Å²) in [4.78, 5) is 12.0. The van der Waals surface area contributed by atoms with E-state index in [0.29, 0.717) is 11.4 Å². The maximum absolute atomic E-state index is 12.2. The lowest BCUT2D eigenvalue weighted by atomic mass is 10.1. The molecular weight excluding hydrogens is 314 g/mol. The van der Waals surface area contributed by atoms with Crippen LogP contribution >= 0.6 is 0 Å². The zero-order valence-corrected chi connectivity index (χ0v) is 14.6. The van der Waals surface area contributed by atoms with Crippen LogP contribution < -0.4 is 5.32 Å². The predicted molar refractivity (Wildman–Crippen MR) is 90.0 cm³/mol. The van der Waals surface area contributed by atoms with Gasteiger partial charge in [-0.2, -0.15) is 5.10 Å². The molecule has 2 aromatic rings. The largest absolute Gasteiger partial charge is 0.310 e. The van der Waals surface area contributed by atoms with Crippen LogP contribution in [0.25, 0.3) is 0 Å². The van der Waals surface area contributed by atoms with E-state index in [2.05, 4.69) is 10.4 Å². The minimum Gasteiger partial charge on any atom is -0.310 e. The molecule has 1 aromatic carbocycles. The Hall–Kier alpha value is -2.15. The number of aryl methyl sites for hydroxylation is 4. The van der Waals surface area contributed by atoms with Crippen molar-refractivity contribution < 1.29 is 13.2 Å². The van der Waals surface area contributed by atoms with Gasteiger partial charge in [-0.3, -0.25) is 9.48 Å². The third-order valence-corrected chi connectivity index (χ3v) is 5.05. The van der Waals surface area contributed by atoms with Crippen LogP contribution in [-0.2, 0) is 27.4 Å². The Balaban J connectivity index is 2.04. The molecule has 1 aromatic heterocycles. The van der Waals surface area contributed by atoms with Crippen molar-refractivity contribution in [3.05, 3.63) is 46.6 Å².